The molecular formula is C31H35N5OS. The van der Waals surface area contributed by atoms with Crippen molar-refractivity contribution in [2.45, 2.75) is 41.0 Å². The molecule has 0 saturated carbocycles. The lowest BCUT2D eigenvalue weighted by Gasteiger charge is -2.10. The molecule has 0 saturated heterocycles. The normalized spacial score (nSPS) is 12.9. The van der Waals surface area contributed by atoms with E-state index >= 15 is 0 Å². The monoisotopic (exact) mass is 525 g/mol. The molecule has 0 spiro atoms. The predicted molar refractivity (Wildman–Crippen MR) is 160 cm³/mol. The number of rotatable bonds is 9. The lowest BCUT2D eigenvalue weighted by Crippen LogP contribution is -2.23. The first-order chi connectivity index (χ1) is 18.2. The molecule has 38 heavy (non-hydrogen) atoms. The molecule has 7 heteroatoms. The molecule has 0 fully saturated rings. The van der Waals surface area contributed by atoms with Gasteiger partial charge in [0, 0.05) is 50.3 Å². The highest BCUT2D eigenvalue weighted by molar-refractivity contribution is 7.13. The Balaban J connectivity index is 1.70. The second kappa shape index (κ2) is 11.5. The van der Waals surface area contributed by atoms with Crippen molar-refractivity contribution < 1.29 is 4.79 Å². The van der Waals surface area contributed by atoms with E-state index in [9.17, 15) is 4.79 Å². The van der Waals surface area contributed by atoms with Crippen LogP contribution in [0.1, 0.15) is 53.8 Å². The van der Waals surface area contributed by atoms with E-state index in [2.05, 4.69) is 65.2 Å². The molecule has 0 bridgehead atoms. The molecule has 3 aromatic heterocycles. The number of nitrogens with one attached hydrogen (secondary N) is 3. The number of hydrogen-bond acceptors (Lipinski definition) is 4. The Kier molecular flexibility index (Phi) is 8.17. The van der Waals surface area contributed by atoms with E-state index in [1.54, 1.807) is 23.6 Å². The number of benzene rings is 1. The standard InChI is InChI=1S/C31H35N5OS/c1-7-21(14-23(8-2)34-30(37)13-18(3)4)22-10-11-27-25(15-22)31(36-35-27)28-16-24(20(6)33-28)26(17-32)29-12-9-19(5)38-29/h7-12,14-18,33H,2,13,32H2,1,3-6H3,(H,34,37)(H,35,36)/b21-7+,23-14+,26-17+. The zero-order valence-corrected chi connectivity index (χ0v) is 23.4. The van der Waals surface area contributed by atoms with Crippen molar-refractivity contribution in [1.82, 2.24) is 20.5 Å². The quantitative estimate of drug-likeness (QED) is 0.174. The van der Waals surface area contributed by atoms with Gasteiger partial charge in [-0.15, -0.1) is 11.3 Å². The molecular weight excluding hydrogens is 490 g/mol. The van der Waals surface area contributed by atoms with Gasteiger partial charge in [-0.25, -0.2) is 0 Å². The van der Waals surface area contributed by atoms with Crippen LogP contribution in [-0.2, 0) is 4.79 Å². The highest BCUT2D eigenvalue weighted by Gasteiger charge is 2.17. The molecule has 1 amide bonds. The first-order valence-corrected chi connectivity index (χ1v) is 13.5. The molecule has 6 nitrogen and oxygen atoms in total. The zero-order valence-electron chi connectivity index (χ0n) is 22.6. The minimum atomic E-state index is -0.0179. The molecule has 0 atom stereocenters. The summed E-state index contributed by atoms with van der Waals surface area (Å²) in [6, 6.07) is 12.5. The summed E-state index contributed by atoms with van der Waals surface area (Å²) >= 11 is 1.72. The Hall–Kier alpha value is -4.10. The van der Waals surface area contributed by atoms with Crippen LogP contribution in [0.4, 0.5) is 0 Å². The summed E-state index contributed by atoms with van der Waals surface area (Å²) in [6.07, 6.45) is 7.78. The summed E-state index contributed by atoms with van der Waals surface area (Å²) in [5, 5.41) is 11.8. The van der Waals surface area contributed by atoms with Gasteiger partial charge >= 0.3 is 0 Å². The number of carbonyl (C=O) groups is 1. The smallest absolute Gasteiger partial charge is 0.224 e. The maximum Gasteiger partial charge on any atom is 0.224 e. The SMILES string of the molecule is C=C/C(=C\C(=C/C)c1ccc2[nH]nc(-c3cc(/C(=C\N)c4ccc(C)s4)c(C)[nH]3)c2c1)NC(=O)CC(C)C. The average molecular weight is 526 g/mol. The minimum Gasteiger partial charge on any atom is -0.404 e. The third-order valence-electron chi connectivity index (χ3n) is 6.35. The van der Waals surface area contributed by atoms with E-state index in [-0.39, 0.29) is 11.8 Å². The highest BCUT2D eigenvalue weighted by atomic mass is 32.1. The van der Waals surface area contributed by atoms with Gasteiger partial charge in [-0.1, -0.05) is 32.6 Å². The summed E-state index contributed by atoms with van der Waals surface area (Å²) in [6.45, 7) is 14.1. The summed E-state index contributed by atoms with van der Waals surface area (Å²) in [4.78, 5) is 18.2. The molecule has 1 aromatic carbocycles. The van der Waals surface area contributed by atoms with Crippen molar-refractivity contribution in [3.8, 4) is 11.4 Å². The molecule has 4 rings (SSSR count). The van der Waals surface area contributed by atoms with Gasteiger partial charge in [-0.3, -0.25) is 9.89 Å². The van der Waals surface area contributed by atoms with Gasteiger partial charge < -0.3 is 16.0 Å². The maximum atomic E-state index is 12.3. The Morgan fingerprint density at radius 3 is 2.63 bits per heavy atom. The molecule has 0 aliphatic heterocycles. The van der Waals surface area contributed by atoms with Crippen LogP contribution >= 0.6 is 11.3 Å². The Bertz CT molecular complexity index is 1570. The Morgan fingerprint density at radius 2 is 2.00 bits per heavy atom. The number of amides is 1. The third kappa shape index (κ3) is 5.73. The van der Waals surface area contributed by atoms with E-state index in [1.807, 2.05) is 45.1 Å². The van der Waals surface area contributed by atoms with Crippen LogP contribution in [0.25, 0.3) is 33.4 Å². The van der Waals surface area contributed by atoms with Crippen LogP contribution in [0.15, 0.2) is 73.1 Å². The van der Waals surface area contributed by atoms with Gasteiger partial charge in [0.2, 0.25) is 5.91 Å². The molecule has 196 valence electrons. The topological polar surface area (TPSA) is 99.6 Å². The second-order valence-electron chi connectivity index (χ2n) is 9.74. The highest BCUT2D eigenvalue weighted by Crippen LogP contribution is 2.35. The van der Waals surface area contributed by atoms with Crippen LogP contribution in [0.2, 0.25) is 0 Å². The van der Waals surface area contributed by atoms with E-state index < -0.39 is 0 Å². The van der Waals surface area contributed by atoms with E-state index in [0.717, 1.165) is 55.1 Å². The lowest BCUT2D eigenvalue weighted by atomic mass is 10.0. The van der Waals surface area contributed by atoms with Gasteiger partial charge in [0.15, 0.2) is 0 Å². The number of hydrogen-bond donors (Lipinski definition) is 4. The predicted octanol–water partition coefficient (Wildman–Crippen LogP) is 7.22. The fourth-order valence-electron chi connectivity index (χ4n) is 4.48. The van der Waals surface area contributed by atoms with Crippen molar-refractivity contribution in [3.63, 3.8) is 0 Å². The summed E-state index contributed by atoms with van der Waals surface area (Å²) < 4.78 is 0. The van der Waals surface area contributed by atoms with Crippen LogP contribution in [0.5, 0.6) is 0 Å². The van der Waals surface area contributed by atoms with Crippen molar-refractivity contribution in [3.05, 3.63) is 99.7 Å². The van der Waals surface area contributed by atoms with Gasteiger partial charge in [0.25, 0.3) is 0 Å². The van der Waals surface area contributed by atoms with Crippen molar-refractivity contribution >= 4 is 39.3 Å². The summed E-state index contributed by atoms with van der Waals surface area (Å²) in [7, 11) is 0. The van der Waals surface area contributed by atoms with Crippen LogP contribution in [0, 0.1) is 19.8 Å². The lowest BCUT2D eigenvalue weighted by molar-refractivity contribution is -0.121. The number of aryl methyl sites for hydroxylation is 2. The fraction of sp³-hybridized carbons (Fsp3) is 0.226. The average Bonchev–Trinajstić information content (AvgIpc) is 3.60. The number of carbonyl (C=O) groups excluding carboxylic acids is 1. The molecule has 4 aromatic rings. The zero-order chi connectivity index (χ0) is 27.4. The molecule has 0 aliphatic carbocycles. The number of aromatic amines is 2. The number of thiophene rings is 1. The fourth-order valence-corrected chi connectivity index (χ4v) is 5.38. The molecule has 0 aliphatic rings. The van der Waals surface area contributed by atoms with Gasteiger partial charge in [0.05, 0.1) is 11.2 Å². The minimum absolute atomic E-state index is 0.0179. The third-order valence-corrected chi connectivity index (χ3v) is 7.38. The van der Waals surface area contributed by atoms with Gasteiger partial charge in [0.1, 0.15) is 5.69 Å². The van der Waals surface area contributed by atoms with E-state index in [0.29, 0.717) is 12.1 Å². The number of aromatic nitrogens is 3. The molecule has 5 N–H and O–H groups in total. The number of fused-ring (bicyclic) bond motifs is 1. The number of nitrogens with zero attached hydrogens (tertiary/aromatic N) is 1. The number of H-pyrrole nitrogens is 2. The van der Waals surface area contributed by atoms with E-state index in [1.165, 1.54) is 4.88 Å². The van der Waals surface area contributed by atoms with Crippen LogP contribution < -0.4 is 11.1 Å². The first kappa shape index (κ1) is 26.9. The molecule has 0 unspecified atom stereocenters. The van der Waals surface area contributed by atoms with E-state index in [4.69, 9.17) is 5.73 Å². The molecule has 3 heterocycles. The van der Waals surface area contributed by atoms with Crippen molar-refractivity contribution in [2.24, 2.45) is 11.7 Å². The van der Waals surface area contributed by atoms with Crippen LogP contribution in [0.3, 0.4) is 0 Å². The van der Waals surface area contributed by atoms with Crippen molar-refractivity contribution in [1.29, 1.82) is 0 Å². The summed E-state index contributed by atoms with van der Waals surface area (Å²) in [5.74, 6) is 0.267. The number of nitrogens with two attached hydrogens (primary N) is 1. The number of allylic oxidation sites excluding steroid dienone is 4. The van der Waals surface area contributed by atoms with Crippen LogP contribution in [-0.4, -0.2) is 21.1 Å². The largest absolute Gasteiger partial charge is 0.404 e. The van der Waals surface area contributed by atoms with Gasteiger partial charge in [-0.2, -0.15) is 5.10 Å². The Morgan fingerprint density at radius 1 is 1.21 bits per heavy atom. The first-order valence-electron chi connectivity index (χ1n) is 12.7. The maximum absolute atomic E-state index is 12.3. The van der Waals surface area contributed by atoms with Crippen molar-refractivity contribution in [2.75, 3.05) is 0 Å². The Labute approximate surface area is 228 Å². The summed E-state index contributed by atoms with van der Waals surface area (Å²) in [5.41, 5.74) is 14.5. The second-order valence-corrected chi connectivity index (χ2v) is 11.0. The van der Waals surface area contributed by atoms with Gasteiger partial charge in [-0.05, 0) is 80.3 Å². The molecule has 0 radical (unpaired) electrons.